The zero-order valence-electron chi connectivity index (χ0n) is 7.59. The van der Waals surface area contributed by atoms with Crippen molar-refractivity contribution in [3.8, 4) is 0 Å². The fourth-order valence-corrected chi connectivity index (χ4v) is 0.605. The molecule has 1 aromatic carbocycles. The third-order valence-corrected chi connectivity index (χ3v) is 1.06. The van der Waals surface area contributed by atoms with E-state index in [4.69, 9.17) is 0 Å². The van der Waals surface area contributed by atoms with E-state index < -0.39 is 0 Å². The Morgan fingerprint density at radius 1 is 1.00 bits per heavy atom. The van der Waals surface area contributed by atoms with Gasteiger partial charge in [0.15, 0.2) is 0 Å². The van der Waals surface area contributed by atoms with Crippen LogP contribution in [0.25, 0.3) is 0 Å². The Balaban J connectivity index is 0. The predicted molar refractivity (Wildman–Crippen MR) is 47.3 cm³/mol. The van der Waals surface area contributed by atoms with Gasteiger partial charge < -0.3 is 5.32 Å². The van der Waals surface area contributed by atoms with Crippen molar-refractivity contribution in [1.29, 1.82) is 0 Å². The maximum atomic E-state index is 3.03. The van der Waals surface area contributed by atoms with Gasteiger partial charge in [-0.3, -0.25) is 0 Å². The summed E-state index contributed by atoms with van der Waals surface area (Å²) in [6, 6.07) is 10.1. The molecule has 0 aliphatic heterocycles. The SMILES string of the molecule is CC.CNc1ccccc1.[Zn]. The van der Waals surface area contributed by atoms with Crippen LogP contribution in [0, 0.1) is 0 Å². The van der Waals surface area contributed by atoms with Crippen LogP contribution in [-0.2, 0) is 19.5 Å². The first kappa shape index (κ1) is 13.2. The Morgan fingerprint density at radius 2 is 1.45 bits per heavy atom. The Morgan fingerprint density at radius 3 is 1.73 bits per heavy atom. The van der Waals surface area contributed by atoms with Crippen LogP contribution in [-0.4, -0.2) is 7.05 Å². The Labute approximate surface area is 82.0 Å². The summed E-state index contributed by atoms with van der Waals surface area (Å²) in [5, 5.41) is 3.03. The number of hydrogen-bond acceptors (Lipinski definition) is 1. The van der Waals surface area contributed by atoms with Crippen LogP contribution in [0.5, 0.6) is 0 Å². The van der Waals surface area contributed by atoms with Crippen molar-refractivity contribution in [3.63, 3.8) is 0 Å². The molecule has 11 heavy (non-hydrogen) atoms. The van der Waals surface area contributed by atoms with E-state index in [0.717, 1.165) is 5.69 Å². The number of benzene rings is 1. The fourth-order valence-electron chi connectivity index (χ4n) is 0.605. The Bertz CT molecular complexity index is 151. The maximum Gasteiger partial charge on any atom is 0.0337 e. The van der Waals surface area contributed by atoms with Crippen molar-refractivity contribution in [2.24, 2.45) is 0 Å². The third kappa shape index (κ3) is 6.06. The van der Waals surface area contributed by atoms with Gasteiger partial charge >= 0.3 is 0 Å². The molecule has 1 nitrogen and oxygen atoms in total. The molecule has 1 rings (SSSR count). The van der Waals surface area contributed by atoms with Crippen molar-refractivity contribution in [2.45, 2.75) is 13.8 Å². The van der Waals surface area contributed by atoms with Crippen LogP contribution in [0.3, 0.4) is 0 Å². The van der Waals surface area contributed by atoms with Gasteiger partial charge in [-0.25, -0.2) is 0 Å². The molecule has 0 bridgehead atoms. The monoisotopic (exact) mass is 201 g/mol. The van der Waals surface area contributed by atoms with Gasteiger partial charge in [0.1, 0.15) is 0 Å². The summed E-state index contributed by atoms with van der Waals surface area (Å²) < 4.78 is 0. The standard InChI is InChI=1S/C7H9N.C2H6.Zn/c1-8-7-5-3-2-4-6-7;1-2;/h2-6,8H,1H3;1-2H3;. The van der Waals surface area contributed by atoms with Gasteiger partial charge in [-0.05, 0) is 12.1 Å². The van der Waals surface area contributed by atoms with E-state index in [0.29, 0.717) is 0 Å². The normalized spacial score (nSPS) is 6.82. The minimum atomic E-state index is 0. The second-order valence-corrected chi connectivity index (χ2v) is 1.62. The molecule has 0 aliphatic rings. The van der Waals surface area contributed by atoms with E-state index in [2.05, 4.69) is 5.32 Å². The molecule has 0 atom stereocenters. The van der Waals surface area contributed by atoms with E-state index in [1.165, 1.54) is 0 Å². The maximum absolute atomic E-state index is 3.03. The summed E-state index contributed by atoms with van der Waals surface area (Å²) in [4.78, 5) is 0. The quantitative estimate of drug-likeness (QED) is 0.691. The van der Waals surface area contributed by atoms with Gasteiger partial charge in [0.2, 0.25) is 0 Å². The largest absolute Gasteiger partial charge is 0.388 e. The minimum absolute atomic E-state index is 0. The van der Waals surface area contributed by atoms with Crippen molar-refractivity contribution in [3.05, 3.63) is 30.3 Å². The summed E-state index contributed by atoms with van der Waals surface area (Å²) in [7, 11) is 1.91. The van der Waals surface area contributed by atoms with Crippen molar-refractivity contribution < 1.29 is 19.5 Å². The molecule has 0 unspecified atom stereocenters. The topological polar surface area (TPSA) is 12.0 Å². The van der Waals surface area contributed by atoms with Gasteiger partial charge in [0.25, 0.3) is 0 Å². The predicted octanol–water partition coefficient (Wildman–Crippen LogP) is 2.75. The van der Waals surface area contributed by atoms with Gasteiger partial charge in [-0.1, -0.05) is 32.0 Å². The molecule has 0 saturated carbocycles. The molecular formula is C9H15NZn. The molecule has 0 saturated heterocycles. The minimum Gasteiger partial charge on any atom is -0.388 e. The number of nitrogens with one attached hydrogen (secondary N) is 1. The van der Waals surface area contributed by atoms with Crippen molar-refractivity contribution in [2.75, 3.05) is 12.4 Å². The first-order valence-corrected chi connectivity index (χ1v) is 3.66. The molecule has 0 fully saturated rings. The average Bonchev–Trinajstić information content (AvgIpc) is 2.10. The molecule has 58 valence electrons. The van der Waals surface area contributed by atoms with Gasteiger partial charge in [-0.15, -0.1) is 0 Å². The summed E-state index contributed by atoms with van der Waals surface area (Å²) >= 11 is 0. The first-order chi connectivity index (χ1) is 4.93. The van der Waals surface area contributed by atoms with Gasteiger partial charge in [0, 0.05) is 32.2 Å². The van der Waals surface area contributed by atoms with Crippen LogP contribution in [0.4, 0.5) is 5.69 Å². The first-order valence-electron chi connectivity index (χ1n) is 3.66. The van der Waals surface area contributed by atoms with E-state index in [9.17, 15) is 0 Å². The molecule has 1 aromatic rings. The number of para-hydroxylation sites is 1. The molecule has 0 aromatic heterocycles. The van der Waals surface area contributed by atoms with E-state index in [1.807, 2.05) is 51.2 Å². The molecule has 0 heterocycles. The zero-order chi connectivity index (χ0) is 7.82. The van der Waals surface area contributed by atoms with Crippen LogP contribution < -0.4 is 5.32 Å². The summed E-state index contributed by atoms with van der Waals surface area (Å²) in [5.41, 5.74) is 1.16. The summed E-state index contributed by atoms with van der Waals surface area (Å²) in [5.74, 6) is 0. The molecule has 0 radical (unpaired) electrons. The second kappa shape index (κ2) is 9.64. The molecule has 0 aliphatic carbocycles. The van der Waals surface area contributed by atoms with Crippen LogP contribution in [0.2, 0.25) is 0 Å². The second-order valence-electron chi connectivity index (χ2n) is 1.62. The van der Waals surface area contributed by atoms with Crippen LogP contribution in [0.15, 0.2) is 30.3 Å². The smallest absolute Gasteiger partial charge is 0.0337 e. The molecule has 1 N–H and O–H groups in total. The summed E-state index contributed by atoms with van der Waals surface area (Å²) in [6.07, 6.45) is 0. The number of hydrogen-bond donors (Lipinski definition) is 1. The van der Waals surface area contributed by atoms with E-state index in [-0.39, 0.29) is 19.5 Å². The summed E-state index contributed by atoms with van der Waals surface area (Å²) in [6.45, 7) is 4.00. The molecule has 0 spiro atoms. The number of anilines is 1. The van der Waals surface area contributed by atoms with E-state index >= 15 is 0 Å². The zero-order valence-corrected chi connectivity index (χ0v) is 10.6. The Hall–Kier alpha value is -0.357. The van der Waals surface area contributed by atoms with Crippen LogP contribution >= 0.6 is 0 Å². The van der Waals surface area contributed by atoms with Crippen molar-refractivity contribution in [1.82, 2.24) is 0 Å². The van der Waals surface area contributed by atoms with E-state index in [1.54, 1.807) is 0 Å². The molecular weight excluding hydrogens is 187 g/mol. The molecule has 2 heteroatoms. The average molecular weight is 203 g/mol. The van der Waals surface area contributed by atoms with Gasteiger partial charge in [-0.2, -0.15) is 0 Å². The third-order valence-electron chi connectivity index (χ3n) is 1.06. The van der Waals surface area contributed by atoms with Gasteiger partial charge in [0.05, 0.1) is 0 Å². The number of rotatable bonds is 1. The molecule has 0 amide bonds. The fraction of sp³-hybridized carbons (Fsp3) is 0.333. The Kier molecular flexibility index (Phi) is 11.6. The van der Waals surface area contributed by atoms with Crippen LogP contribution in [0.1, 0.15) is 13.8 Å². The van der Waals surface area contributed by atoms with Crippen molar-refractivity contribution >= 4 is 5.69 Å².